The highest BCUT2D eigenvalue weighted by molar-refractivity contribution is 6.07. The minimum Gasteiger partial charge on any atom is -0.450 e. The molecule has 3 amide bonds. The van der Waals surface area contributed by atoms with Gasteiger partial charge in [-0.15, -0.1) is 0 Å². The quantitative estimate of drug-likeness (QED) is 0.143. The number of carbonyl (C=O) groups is 4. The fourth-order valence-corrected chi connectivity index (χ4v) is 6.14. The predicted octanol–water partition coefficient (Wildman–Crippen LogP) is 2.27. The Morgan fingerprint density at radius 1 is 1.02 bits per heavy atom. The van der Waals surface area contributed by atoms with Gasteiger partial charge in [-0.05, 0) is 24.3 Å². The van der Waals surface area contributed by atoms with E-state index in [0.717, 1.165) is 5.56 Å². The summed E-state index contributed by atoms with van der Waals surface area (Å²) in [6.45, 7) is 4.05. The Morgan fingerprint density at radius 2 is 1.68 bits per heavy atom. The third-order valence-corrected chi connectivity index (χ3v) is 7.74. The first-order chi connectivity index (χ1) is 19.0. The molecule has 2 heterocycles. The fourth-order valence-electron chi connectivity index (χ4n) is 6.14. The lowest BCUT2D eigenvalue weighted by atomic mass is 9.82. The summed E-state index contributed by atoms with van der Waals surface area (Å²) >= 11 is 0. The Balaban J connectivity index is 1.87. The van der Waals surface area contributed by atoms with E-state index in [1.165, 1.54) is 17.0 Å². The SMILES string of the molecule is CC(C)CC1C2C(=O)N(CCc3ccccc3)C(=O)C2C(OC(=O)O)(c2ccc(C(=N)N)cc2)N1CCC(N)=O. The van der Waals surface area contributed by atoms with Crippen LogP contribution in [0.2, 0.25) is 0 Å². The molecule has 2 aromatic rings. The molecule has 0 spiro atoms. The molecule has 4 unspecified atom stereocenters. The number of likely N-dealkylation sites (tertiary alicyclic amines) is 2. The number of carbonyl (C=O) groups excluding carboxylic acids is 3. The largest absolute Gasteiger partial charge is 0.507 e. The highest BCUT2D eigenvalue weighted by Crippen LogP contribution is 2.56. The topological polar surface area (TPSA) is 180 Å². The van der Waals surface area contributed by atoms with E-state index in [1.807, 2.05) is 44.2 Å². The molecule has 2 aliphatic rings. The standard InChI is InChI=1S/C29H35N5O6/c1-17(2)16-21-23-24(27(37)33(26(23)36)14-12-18-6-4-3-5-7-18)29(40-28(38)39,34(21)15-13-22(30)35)20-10-8-19(9-11-20)25(31)32/h3-11,17,21,23-24H,12-16H2,1-2H3,(H2,30,35)(H3,31,32)(H,38,39). The van der Waals surface area contributed by atoms with E-state index in [1.54, 1.807) is 17.0 Å². The van der Waals surface area contributed by atoms with E-state index in [9.17, 15) is 24.3 Å². The Bertz CT molecular complexity index is 1300. The van der Waals surface area contributed by atoms with Crippen LogP contribution in [0.3, 0.4) is 0 Å². The number of carboxylic acid groups (broad SMARTS) is 1. The van der Waals surface area contributed by atoms with Gasteiger partial charge in [-0.1, -0.05) is 68.4 Å². The summed E-state index contributed by atoms with van der Waals surface area (Å²) in [6, 6.07) is 15.0. The monoisotopic (exact) mass is 549 g/mol. The number of amides is 3. The van der Waals surface area contributed by atoms with Crippen molar-refractivity contribution in [1.82, 2.24) is 9.80 Å². The minimum absolute atomic E-state index is 0.0218. The highest BCUT2D eigenvalue weighted by atomic mass is 16.7. The van der Waals surface area contributed by atoms with Gasteiger partial charge in [-0.25, -0.2) is 4.79 Å². The molecular formula is C29H35N5O6. The second-order valence-corrected chi connectivity index (χ2v) is 10.7. The maximum Gasteiger partial charge on any atom is 0.507 e. The van der Waals surface area contributed by atoms with Crippen LogP contribution in [0.1, 0.15) is 43.4 Å². The summed E-state index contributed by atoms with van der Waals surface area (Å²) in [4.78, 5) is 55.2. The van der Waals surface area contributed by atoms with Gasteiger partial charge in [0.05, 0.1) is 5.92 Å². The smallest absolute Gasteiger partial charge is 0.450 e. The van der Waals surface area contributed by atoms with Crippen LogP contribution < -0.4 is 11.5 Å². The normalized spacial score (nSPS) is 24.4. The molecular weight excluding hydrogens is 514 g/mol. The second-order valence-electron chi connectivity index (χ2n) is 10.7. The first kappa shape index (κ1) is 28.8. The molecule has 11 nitrogen and oxygen atoms in total. The van der Waals surface area contributed by atoms with Gasteiger partial charge in [-0.3, -0.25) is 29.6 Å². The van der Waals surface area contributed by atoms with Crippen molar-refractivity contribution in [3.05, 3.63) is 71.3 Å². The number of rotatable bonds is 11. The third kappa shape index (κ3) is 5.29. The fraction of sp³-hybridized carbons (Fsp3) is 0.414. The van der Waals surface area contributed by atoms with E-state index in [2.05, 4.69) is 0 Å². The van der Waals surface area contributed by atoms with Crippen molar-refractivity contribution < 1.29 is 29.0 Å². The zero-order chi connectivity index (χ0) is 29.2. The molecule has 0 saturated carbocycles. The zero-order valence-electron chi connectivity index (χ0n) is 22.6. The van der Waals surface area contributed by atoms with Crippen LogP contribution in [0.4, 0.5) is 4.79 Å². The summed E-state index contributed by atoms with van der Waals surface area (Å²) in [5, 5.41) is 17.7. The number of imide groups is 1. The van der Waals surface area contributed by atoms with Crippen molar-refractivity contribution in [2.24, 2.45) is 29.2 Å². The molecule has 0 aromatic heterocycles. The number of hydrogen-bond donors (Lipinski definition) is 4. The Hall–Kier alpha value is -4.25. The lowest BCUT2D eigenvalue weighted by Crippen LogP contribution is -2.55. The summed E-state index contributed by atoms with van der Waals surface area (Å²) in [6.07, 6.45) is -0.879. The van der Waals surface area contributed by atoms with Gasteiger partial charge in [0.15, 0.2) is 0 Å². The molecule has 2 aliphatic heterocycles. The van der Waals surface area contributed by atoms with Crippen LogP contribution in [-0.4, -0.2) is 63.8 Å². The molecule has 212 valence electrons. The Kier molecular flexibility index (Phi) is 8.24. The number of primary amides is 1. The maximum atomic E-state index is 14.1. The van der Waals surface area contributed by atoms with Crippen molar-refractivity contribution in [3.8, 4) is 0 Å². The molecule has 4 rings (SSSR count). The molecule has 4 atom stereocenters. The maximum absolute atomic E-state index is 14.1. The van der Waals surface area contributed by atoms with E-state index >= 15 is 0 Å². The lowest BCUT2D eigenvalue weighted by Gasteiger charge is -2.42. The minimum atomic E-state index is -1.91. The number of amidine groups is 1. The molecule has 2 saturated heterocycles. The number of nitrogens with one attached hydrogen (secondary N) is 1. The summed E-state index contributed by atoms with van der Waals surface area (Å²) < 4.78 is 5.69. The van der Waals surface area contributed by atoms with E-state index in [-0.39, 0.29) is 31.3 Å². The number of nitrogen functional groups attached to an aromatic ring is 1. The average Bonchev–Trinajstić information content (AvgIpc) is 3.30. The molecule has 11 heteroatoms. The zero-order valence-corrected chi connectivity index (χ0v) is 22.6. The van der Waals surface area contributed by atoms with Crippen LogP contribution in [-0.2, 0) is 31.3 Å². The van der Waals surface area contributed by atoms with Gasteiger partial charge in [-0.2, -0.15) is 0 Å². The molecule has 40 heavy (non-hydrogen) atoms. The molecule has 2 aromatic carbocycles. The van der Waals surface area contributed by atoms with Crippen LogP contribution in [0, 0.1) is 23.2 Å². The van der Waals surface area contributed by atoms with E-state index in [4.69, 9.17) is 21.6 Å². The lowest BCUT2D eigenvalue weighted by molar-refractivity contribution is -0.166. The molecule has 6 N–H and O–H groups in total. The van der Waals surface area contributed by atoms with Gasteiger partial charge < -0.3 is 21.3 Å². The number of hydrogen-bond acceptors (Lipinski definition) is 7. The number of benzene rings is 2. The molecule has 0 bridgehead atoms. The van der Waals surface area contributed by atoms with Gasteiger partial charge in [0.25, 0.3) is 0 Å². The van der Waals surface area contributed by atoms with Crippen molar-refractivity contribution >= 4 is 29.7 Å². The number of ether oxygens (including phenoxy) is 1. The third-order valence-electron chi connectivity index (χ3n) is 7.74. The molecule has 0 aliphatic carbocycles. The first-order valence-electron chi connectivity index (χ1n) is 13.3. The first-order valence-corrected chi connectivity index (χ1v) is 13.3. The summed E-state index contributed by atoms with van der Waals surface area (Å²) in [5.74, 6) is -3.74. The molecule has 0 radical (unpaired) electrons. The van der Waals surface area contributed by atoms with Crippen molar-refractivity contribution in [2.45, 2.75) is 44.9 Å². The van der Waals surface area contributed by atoms with Gasteiger partial charge in [0, 0.05) is 36.7 Å². The molecule has 2 fully saturated rings. The summed E-state index contributed by atoms with van der Waals surface area (Å²) in [5.41, 5.74) is 10.9. The van der Waals surface area contributed by atoms with Crippen LogP contribution in [0.25, 0.3) is 0 Å². The van der Waals surface area contributed by atoms with Gasteiger partial charge in [0.1, 0.15) is 11.8 Å². The van der Waals surface area contributed by atoms with Crippen molar-refractivity contribution in [3.63, 3.8) is 0 Å². The number of fused-ring (bicyclic) bond motifs is 1. The summed E-state index contributed by atoms with van der Waals surface area (Å²) in [7, 11) is 0. The van der Waals surface area contributed by atoms with Crippen LogP contribution in [0.15, 0.2) is 54.6 Å². The predicted molar refractivity (Wildman–Crippen MR) is 146 cm³/mol. The van der Waals surface area contributed by atoms with Gasteiger partial charge in [0.2, 0.25) is 23.4 Å². The number of nitrogens with zero attached hydrogens (tertiary/aromatic N) is 2. The Labute approximate surface area is 232 Å². The van der Waals surface area contributed by atoms with E-state index < -0.39 is 47.5 Å². The van der Waals surface area contributed by atoms with Crippen molar-refractivity contribution in [1.29, 1.82) is 5.41 Å². The Morgan fingerprint density at radius 3 is 2.23 bits per heavy atom. The van der Waals surface area contributed by atoms with E-state index in [0.29, 0.717) is 24.0 Å². The van der Waals surface area contributed by atoms with Crippen molar-refractivity contribution in [2.75, 3.05) is 13.1 Å². The highest BCUT2D eigenvalue weighted by Gasteiger charge is 2.71. The average molecular weight is 550 g/mol. The number of nitrogens with two attached hydrogens (primary N) is 2. The van der Waals surface area contributed by atoms with Crippen LogP contribution >= 0.6 is 0 Å². The van der Waals surface area contributed by atoms with Gasteiger partial charge >= 0.3 is 6.16 Å². The second kappa shape index (κ2) is 11.5. The van der Waals surface area contributed by atoms with Crippen LogP contribution in [0.5, 0.6) is 0 Å².